The number of benzene rings is 1. The molecule has 0 bridgehead atoms. The Bertz CT molecular complexity index is 446. The van der Waals surface area contributed by atoms with Crippen LogP contribution in [0.3, 0.4) is 0 Å². The minimum absolute atomic E-state index is 0.0791. The van der Waals surface area contributed by atoms with Gasteiger partial charge in [-0.1, -0.05) is 12.1 Å². The maximum Gasteiger partial charge on any atom is 0.319 e. The van der Waals surface area contributed by atoms with Gasteiger partial charge >= 0.3 is 6.03 Å². The van der Waals surface area contributed by atoms with E-state index in [0.29, 0.717) is 18.8 Å². The number of hydrogen-bond donors (Lipinski definition) is 4. The fourth-order valence-electron chi connectivity index (χ4n) is 1.49. The van der Waals surface area contributed by atoms with Gasteiger partial charge in [-0.05, 0) is 24.6 Å². The first-order valence-corrected chi connectivity index (χ1v) is 6.14. The van der Waals surface area contributed by atoms with Gasteiger partial charge in [-0.15, -0.1) is 0 Å². The van der Waals surface area contributed by atoms with E-state index in [2.05, 4.69) is 16.0 Å². The quantitative estimate of drug-likeness (QED) is 0.596. The lowest BCUT2D eigenvalue weighted by molar-refractivity contribution is -0.118. The van der Waals surface area contributed by atoms with E-state index in [1.165, 1.54) is 6.92 Å². The SMILES string of the molecule is CC(=O)NCCNC(=O)Nc1cccc(C(C)N)c1. The Morgan fingerprint density at radius 2 is 1.95 bits per heavy atom. The minimum Gasteiger partial charge on any atom is -0.355 e. The molecule has 3 amide bonds. The smallest absolute Gasteiger partial charge is 0.319 e. The molecule has 0 heterocycles. The van der Waals surface area contributed by atoms with E-state index in [9.17, 15) is 9.59 Å². The number of hydrogen-bond acceptors (Lipinski definition) is 3. The van der Waals surface area contributed by atoms with Crippen LogP contribution in [0.1, 0.15) is 25.5 Å². The number of rotatable bonds is 5. The van der Waals surface area contributed by atoms with Gasteiger partial charge in [0, 0.05) is 31.7 Å². The predicted octanol–water partition coefficient (Wildman–Crippen LogP) is 0.964. The normalized spacial score (nSPS) is 11.5. The van der Waals surface area contributed by atoms with Gasteiger partial charge in [0.2, 0.25) is 5.91 Å². The third kappa shape index (κ3) is 5.87. The summed E-state index contributed by atoms with van der Waals surface area (Å²) in [6.07, 6.45) is 0. The second-order valence-corrected chi connectivity index (χ2v) is 4.28. The Morgan fingerprint density at radius 1 is 1.26 bits per heavy atom. The molecule has 0 saturated carbocycles. The molecule has 1 atom stereocenters. The van der Waals surface area contributed by atoms with E-state index in [1.807, 2.05) is 25.1 Å². The number of nitrogens with one attached hydrogen (secondary N) is 3. The number of amides is 3. The van der Waals surface area contributed by atoms with Crippen molar-refractivity contribution < 1.29 is 9.59 Å². The summed E-state index contributed by atoms with van der Waals surface area (Å²) in [5.41, 5.74) is 7.41. The molecule has 19 heavy (non-hydrogen) atoms. The number of urea groups is 1. The van der Waals surface area contributed by atoms with Crippen LogP contribution in [0.25, 0.3) is 0 Å². The second-order valence-electron chi connectivity index (χ2n) is 4.28. The van der Waals surface area contributed by atoms with Gasteiger partial charge in [-0.2, -0.15) is 0 Å². The molecule has 1 aromatic carbocycles. The molecule has 1 rings (SSSR count). The maximum absolute atomic E-state index is 11.6. The average molecular weight is 264 g/mol. The van der Waals surface area contributed by atoms with Crippen molar-refractivity contribution in [2.45, 2.75) is 19.9 Å². The van der Waals surface area contributed by atoms with Gasteiger partial charge in [0.05, 0.1) is 0 Å². The number of carbonyl (C=O) groups excluding carboxylic acids is 2. The zero-order chi connectivity index (χ0) is 14.3. The van der Waals surface area contributed by atoms with Gasteiger partial charge in [0.15, 0.2) is 0 Å². The summed E-state index contributed by atoms with van der Waals surface area (Å²) < 4.78 is 0. The Balaban J connectivity index is 2.39. The summed E-state index contributed by atoms with van der Waals surface area (Å²) in [5, 5.41) is 7.94. The molecule has 5 N–H and O–H groups in total. The number of nitrogens with two attached hydrogens (primary N) is 1. The molecule has 6 heteroatoms. The molecule has 0 radical (unpaired) electrons. The fraction of sp³-hybridized carbons (Fsp3) is 0.385. The molecule has 0 fully saturated rings. The summed E-state index contributed by atoms with van der Waals surface area (Å²) >= 11 is 0. The van der Waals surface area contributed by atoms with Crippen molar-refractivity contribution in [2.24, 2.45) is 5.73 Å². The largest absolute Gasteiger partial charge is 0.355 e. The summed E-state index contributed by atoms with van der Waals surface area (Å²) in [5.74, 6) is -0.119. The summed E-state index contributed by atoms with van der Waals surface area (Å²) in [6, 6.07) is 6.98. The van der Waals surface area contributed by atoms with Crippen LogP contribution in [0.2, 0.25) is 0 Å². The third-order valence-corrected chi connectivity index (χ3v) is 2.45. The van der Waals surface area contributed by atoms with Crippen LogP contribution < -0.4 is 21.7 Å². The molecule has 0 spiro atoms. The van der Waals surface area contributed by atoms with Gasteiger partial charge in [0.25, 0.3) is 0 Å². The highest BCUT2D eigenvalue weighted by Crippen LogP contribution is 2.15. The maximum atomic E-state index is 11.6. The van der Waals surface area contributed by atoms with E-state index < -0.39 is 0 Å². The monoisotopic (exact) mass is 264 g/mol. The van der Waals surface area contributed by atoms with E-state index in [0.717, 1.165) is 5.56 Å². The molecular weight excluding hydrogens is 244 g/mol. The Labute approximate surface area is 112 Å². The van der Waals surface area contributed by atoms with Crippen LogP contribution in [-0.4, -0.2) is 25.0 Å². The molecule has 1 unspecified atom stereocenters. The molecule has 0 aromatic heterocycles. The van der Waals surface area contributed by atoms with Crippen LogP contribution in [0.15, 0.2) is 24.3 Å². The Kier molecular flexibility index (Phi) is 5.81. The van der Waals surface area contributed by atoms with Crippen LogP contribution >= 0.6 is 0 Å². The highest BCUT2D eigenvalue weighted by atomic mass is 16.2. The highest BCUT2D eigenvalue weighted by molar-refractivity contribution is 5.89. The third-order valence-electron chi connectivity index (χ3n) is 2.45. The van der Waals surface area contributed by atoms with Crippen molar-refractivity contribution in [1.82, 2.24) is 10.6 Å². The van der Waals surface area contributed by atoms with Gasteiger partial charge in [-0.3, -0.25) is 4.79 Å². The zero-order valence-corrected chi connectivity index (χ0v) is 11.2. The molecule has 1 aromatic rings. The van der Waals surface area contributed by atoms with Crippen molar-refractivity contribution in [1.29, 1.82) is 0 Å². The van der Waals surface area contributed by atoms with Crippen molar-refractivity contribution in [2.75, 3.05) is 18.4 Å². The lowest BCUT2D eigenvalue weighted by atomic mass is 10.1. The predicted molar refractivity (Wildman–Crippen MR) is 74.7 cm³/mol. The molecule has 6 nitrogen and oxygen atoms in total. The lowest BCUT2D eigenvalue weighted by Crippen LogP contribution is -2.36. The minimum atomic E-state index is -0.313. The standard InChI is InChI=1S/C13H20N4O2/c1-9(14)11-4-3-5-12(8-11)17-13(19)16-7-6-15-10(2)18/h3-5,8-9H,6-7,14H2,1-2H3,(H,15,18)(H2,16,17,19). The van der Waals surface area contributed by atoms with Crippen LogP contribution in [0.5, 0.6) is 0 Å². The molecule has 0 aliphatic rings. The van der Waals surface area contributed by atoms with Gasteiger partial charge < -0.3 is 21.7 Å². The van der Waals surface area contributed by atoms with Crippen LogP contribution in [0, 0.1) is 0 Å². The fourth-order valence-corrected chi connectivity index (χ4v) is 1.49. The van der Waals surface area contributed by atoms with Crippen molar-refractivity contribution in [3.8, 4) is 0 Å². The van der Waals surface area contributed by atoms with E-state index in [4.69, 9.17) is 5.73 Å². The zero-order valence-electron chi connectivity index (χ0n) is 11.2. The topological polar surface area (TPSA) is 96.2 Å². The summed E-state index contributed by atoms with van der Waals surface area (Å²) in [6.45, 7) is 4.09. The van der Waals surface area contributed by atoms with Crippen LogP contribution in [0.4, 0.5) is 10.5 Å². The lowest BCUT2D eigenvalue weighted by Gasteiger charge is -2.10. The van der Waals surface area contributed by atoms with Crippen LogP contribution in [-0.2, 0) is 4.79 Å². The first-order valence-electron chi connectivity index (χ1n) is 6.14. The summed E-state index contributed by atoms with van der Waals surface area (Å²) in [4.78, 5) is 22.2. The van der Waals surface area contributed by atoms with Crippen molar-refractivity contribution >= 4 is 17.6 Å². The van der Waals surface area contributed by atoms with Gasteiger partial charge in [-0.25, -0.2) is 4.79 Å². The second kappa shape index (κ2) is 7.38. The Morgan fingerprint density at radius 3 is 2.58 bits per heavy atom. The van der Waals surface area contributed by atoms with E-state index in [1.54, 1.807) is 6.07 Å². The Hall–Kier alpha value is -2.08. The average Bonchev–Trinajstić information content (AvgIpc) is 2.34. The molecule has 0 aliphatic carbocycles. The first kappa shape index (κ1) is 15.0. The molecule has 0 aliphatic heterocycles. The summed E-state index contributed by atoms with van der Waals surface area (Å²) in [7, 11) is 0. The van der Waals surface area contributed by atoms with Crippen molar-refractivity contribution in [3.63, 3.8) is 0 Å². The number of anilines is 1. The van der Waals surface area contributed by atoms with E-state index in [-0.39, 0.29) is 18.0 Å². The van der Waals surface area contributed by atoms with Gasteiger partial charge in [0.1, 0.15) is 0 Å². The first-order chi connectivity index (χ1) is 8.99. The van der Waals surface area contributed by atoms with E-state index >= 15 is 0 Å². The molecule has 104 valence electrons. The molecular formula is C13H20N4O2. The number of carbonyl (C=O) groups is 2. The van der Waals surface area contributed by atoms with Crippen molar-refractivity contribution in [3.05, 3.63) is 29.8 Å². The molecule has 0 saturated heterocycles. The highest BCUT2D eigenvalue weighted by Gasteiger charge is 2.03.